The molecule has 0 saturated carbocycles. The van der Waals surface area contributed by atoms with Gasteiger partial charge in [0.2, 0.25) is 0 Å². The number of hydrogen-bond donors (Lipinski definition) is 0. The molecule has 1 aliphatic heterocycles. The molecule has 3 rings (SSSR count). The Hall–Kier alpha value is -1.14. The number of hydrogen-bond acceptors (Lipinski definition) is 3. The largest absolute Gasteiger partial charge is 0.416 e. The highest BCUT2D eigenvalue weighted by Gasteiger charge is 2.35. The van der Waals surface area contributed by atoms with Crippen LogP contribution in [0.5, 0.6) is 0 Å². The van der Waals surface area contributed by atoms with E-state index in [1.807, 2.05) is 22.6 Å². The molecule has 0 N–H and O–H groups in total. The van der Waals surface area contributed by atoms with Gasteiger partial charge < -0.3 is 0 Å². The summed E-state index contributed by atoms with van der Waals surface area (Å²) in [5.74, 6) is 0. The maximum atomic E-state index is 12.9. The van der Waals surface area contributed by atoms with Crippen molar-refractivity contribution in [2.75, 3.05) is 14.6 Å². The number of fused-ring (bicyclic) bond motifs is 1. The van der Waals surface area contributed by atoms with E-state index in [-0.39, 0.29) is 6.54 Å². The number of benzene rings is 2. The van der Waals surface area contributed by atoms with Crippen LogP contribution in [-0.4, -0.2) is 22.9 Å². The molecule has 0 aliphatic carbocycles. The summed E-state index contributed by atoms with van der Waals surface area (Å²) >= 11 is 2.00. The molecule has 0 radical (unpaired) electrons. The first-order valence-corrected chi connectivity index (χ1v) is 11.7. The van der Waals surface area contributed by atoms with E-state index in [4.69, 9.17) is 0 Å². The highest BCUT2D eigenvalue weighted by atomic mass is 127. The van der Waals surface area contributed by atoms with Crippen LogP contribution < -0.4 is 4.31 Å². The Morgan fingerprint density at radius 3 is 2.54 bits per heavy atom. The molecule has 0 spiro atoms. The number of halogens is 4. The predicted molar refractivity (Wildman–Crippen MR) is 101 cm³/mol. The van der Waals surface area contributed by atoms with Crippen molar-refractivity contribution in [3.05, 3.63) is 53.6 Å². The molecule has 10 heteroatoms. The number of anilines is 1. The molecule has 2 aromatic rings. The van der Waals surface area contributed by atoms with Crippen molar-refractivity contribution >= 4 is 49.1 Å². The number of rotatable bonds is 4. The van der Waals surface area contributed by atoms with E-state index >= 15 is 0 Å². The fourth-order valence-corrected chi connectivity index (χ4v) is 6.01. The minimum atomic E-state index is -4.62. The van der Waals surface area contributed by atoms with Crippen LogP contribution in [0.25, 0.3) is 0 Å². The molecule has 26 heavy (non-hydrogen) atoms. The minimum Gasteiger partial charge on any atom is -0.266 e. The van der Waals surface area contributed by atoms with Gasteiger partial charge in [0, 0.05) is 11.4 Å². The van der Waals surface area contributed by atoms with Crippen molar-refractivity contribution in [1.29, 1.82) is 0 Å². The van der Waals surface area contributed by atoms with Gasteiger partial charge >= 0.3 is 6.18 Å². The van der Waals surface area contributed by atoms with Crippen LogP contribution in [0.2, 0.25) is 0 Å². The SMILES string of the molecule is O=S(CI)c1ccc2c(c1)CCN2S(=O)(=O)c1cccc(C(F)(F)F)c1. The summed E-state index contributed by atoms with van der Waals surface area (Å²) in [6.07, 6.45) is -4.20. The molecule has 0 bridgehead atoms. The number of nitrogens with zero attached hydrogens (tertiary/aromatic N) is 1. The third kappa shape index (κ3) is 3.63. The Balaban J connectivity index is 2.00. The Kier molecular flexibility index (Phi) is 5.37. The second-order valence-electron chi connectivity index (χ2n) is 5.60. The summed E-state index contributed by atoms with van der Waals surface area (Å²) in [6.45, 7) is 0.133. The van der Waals surface area contributed by atoms with E-state index in [9.17, 15) is 25.8 Å². The summed E-state index contributed by atoms with van der Waals surface area (Å²) in [4.78, 5) is 0.205. The van der Waals surface area contributed by atoms with Gasteiger partial charge in [0.15, 0.2) is 0 Å². The Morgan fingerprint density at radius 1 is 1.15 bits per heavy atom. The lowest BCUT2D eigenvalue weighted by molar-refractivity contribution is -0.137. The van der Waals surface area contributed by atoms with Gasteiger partial charge in [-0.3, -0.25) is 8.51 Å². The van der Waals surface area contributed by atoms with E-state index in [1.165, 1.54) is 0 Å². The van der Waals surface area contributed by atoms with Gasteiger partial charge in [-0.25, -0.2) is 8.42 Å². The molecule has 1 heterocycles. The smallest absolute Gasteiger partial charge is 0.266 e. The van der Waals surface area contributed by atoms with Gasteiger partial charge in [-0.2, -0.15) is 13.2 Å². The van der Waals surface area contributed by atoms with Gasteiger partial charge in [-0.1, -0.05) is 28.7 Å². The molecule has 4 nitrogen and oxygen atoms in total. The lowest BCUT2D eigenvalue weighted by atomic mass is 10.2. The first-order valence-electron chi connectivity index (χ1n) is 7.42. The Labute approximate surface area is 165 Å². The molecule has 1 atom stereocenters. The second kappa shape index (κ2) is 7.12. The van der Waals surface area contributed by atoms with E-state index in [0.29, 0.717) is 26.8 Å². The summed E-state index contributed by atoms with van der Waals surface area (Å²) < 4.78 is 77.8. The summed E-state index contributed by atoms with van der Waals surface area (Å²) in [5, 5.41) is 0. The van der Waals surface area contributed by atoms with Gasteiger partial charge in [-0.15, -0.1) is 0 Å². The average molecular weight is 515 g/mol. The van der Waals surface area contributed by atoms with Crippen LogP contribution >= 0.6 is 22.6 Å². The van der Waals surface area contributed by atoms with Crippen molar-refractivity contribution in [2.24, 2.45) is 0 Å². The number of alkyl halides is 4. The molecular weight excluding hydrogens is 502 g/mol. The lowest BCUT2D eigenvalue weighted by Crippen LogP contribution is -2.29. The van der Waals surface area contributed by atoms with Crippen LogP contribution in [0.4, 0.5) is 18.9 Å². The van der Waals surface area contributed by atoms with E-state index in [0.717, 1.165) is 28.1 Å². The van der Waals surface area contributed by atoms with E-state index in [2.05, 4.69) is 0 Å². The molecular formula is C16H13F3INO3S2. The highest BCUT2D eigenvalue weighted by molar-refractivity contribution is 14.1. The summed E-state index contributed by atoms with van der Waals surface area (Å²) in [5.41, 5.74) is 0.124. The van der Waals surface area contributed by atoms with Crippen molar-refractivity contribution in [2.45, 2.75) is 22.4 Å². The van der Waals surface area contributed by atoms with Crippen molar-refractivity contribution < 1.29 is 25.8 Å². The molecule has 0 fully saturated rings. The molecule has 1 unspecified atom stereocenters. The first-order chi connectivity index (χ1) is 12.1. The zero-order valence-corrected chi connectivity index (χ0v) is 17.0. The Morgan fingerprint density at radius 2 is 1.88 bits per heavy atom. The monoisotopic (exact) mass is 515 g/mol. The van der Waals surface area contributed by atoms with Gasteiger partial charge in [-0.05, 0) is 48.4 Å². The van der Waals surface area contributed by atoms with E-state index in [1.54, 1.807) is 18.2 Å². The van der Waals surface area contributed by atoms with Crippen LogP contribution in [0, 0.1) is 0 Å². The molecule has 0 aromatic heterocycles. The van der Waals surface area contributed by atoms with E-state index < -0.39 is 37.5 Å². The molecule has 140 valence electrons. The second-order valence-corrected chi connectivity index (χ2v) is 10.7. The molecule has 0 amide bonds. The maximum absolute atomic E-state index is 12.9. The Bertz CT molecular complexity index is 977. The standard InChI is InChI=1S/C16H13F3INO3S2/c17-16(18,19)12-2-1-3-14(9-12)26(23,24)21-7-6-11-8-13(25(22)10-20)4-5-15(11)21/h1-5,8-9H,6-7,10H2. The lowest BCUT2D eigenvalue weighted by Gasteiger charge is -2.20. The third-order valence-electron chi connectivity index (χ3n) is 4.02. The topological polar surface area (TPSA) is 54.5 Å². The van der Waals surface area contributed by atoms with Gasteiger partial charge in [0.1, 0.15) is 0 Å². The van der Waals surface area contributed by atoms with Crippen LogP contribution in [0.15, 0.2) is 52.3 Å². The zero-order valence-electron chi connectivity index (χ0n) is 13.2. The quantitative estimate of drug-likeness (QED) is 0.458. The fourth-order valence-electron chi connectivity index (χ4n) is 2.76. The first kappa shape index (κ1) is 19.6. The van der Waals surface area contributed by atoms with Crippen LogP contribution in [0.1, 0.15) is 11.1 Å². The minimum absolute atomic E-state index is 0.133. The average Bonchev–Trinajstić information content (AvgIpc) is 3.04. The van der Waals surface area contributed by atoms with Crippen molar-refractivity contribution in [3.8, 4) is 0 Å². The molecule has 2 aromatic carbocycles. The molecule has 0 saturated heterocycles. The predicted octanol–water partition coefficient (Wildman–Crippen LogP) is 3.96. The molecule has 1 aliphatic rings. The summed E-state index contributed by atoms with van der Waals surface area (Å²) in [7, 11) is -5.29. The maximum Gasteiger partial charge on any atom is 0.416 e. The normalized spacial score (nSPS) is 15.8. The van der Waals surface area contributed by atoms with Crippen LogP contribution in [-0.2, 0) is 33.4 Å². The zero-order chi connectivity index (χ0) is 19.1. The number of sulfonamides is 1. The van der Waals surface area contributed by atoms with Gasteiger partial charge in [0.25, 0.3) is 10.0 Å². The summed E-state index contributed by atoms with van der Waals surface area (Å²) in [6, 6.07) is 8.57. The van der Waals surface area contributed by atoms with Crippen LogP contribution in [0.3, 0.4) is 0 Å². The highest BCUT2D eigenvalue weighted by Crippen LogP contribution is 2.36. The third-order valence-corrected chi connectivity index (χ3v) is 8.50. The van der Waals surface area contributed by atoms with Crippen molar-refractivity contribution in [3.63, 3.8) is 0 Å². The fraction of sp³-hybridized carbons (Fsp3) is 0.250. The van der Waals surface area contributed by atoms with Crippen molar-refractivity contribution in [1.82, 2.24) is 0 Å². The van der Waals surface area contributed by atoms with Gasteiger partial charge in [0.05, 0.1) is 30.7 Å².